The lowest BCUT2D eigenvalue weighted by Gasteiger charge is -2.37. The van der Waals surface area contributed by atoms with E-state index in [0.29, 0.717) is 12.1 Å². The minimum absolute atomic E-state index is 0.00244. The fourth-order valence-electron chi connectivity index (χ4n) is 6.97. The van der Waals surface area contributed by atoms with Crippen LogP contribution in [0.15, 0.2) is 89.4 Å². The maximum Gasteiger partial charge on any atom is 0.239 e. The lowest BCUT2D eigenvalue weighted by molar-refractivity contribution is -0.134. The van der Waals surface area contributed by atoms with Crippen LogP contribution >= 0.6 is 15.9 Å². The van der Waals surface area contributed by atoms with Gasteiger partial charge >= 0.3 is 0 Å². The Morgan fingerprint density at radius 2 is 1.26 bits per heavy atom. The summed E-state index contributed by atoms with van der Waals surface area (Å²) in [7, 11) is 0. The summed E-state index contributed by atoms with van der Waals surface area (Å²) in [4.78, 5) is 43.8. The number of hydrogen-bond acceptors (Lipinski definition) is 3. The lowest BCUT2D eigenvalue weighted by Crippen LogP contribution is -2.41. The number of anilines is 1. The van der Waals surface area contributed by atoms with Crippen molar-refractivity contribution in [2.75, 3.05) is 4.90 Å². The minimum atomic E-state index is -1.09. The zero-order valence-electron chi connectivity index (χ0n) is 19.5. The number of carbonyl (C=O) groups is 3. The number of Topliss-reactive ketones (excluding diaryl/α,β-unsaturated/α-hetero) is 1. The highest BCUT2D eigenvalue weighted by Gasteiger charge is 2.79. The fourth-order valence-corrected chi connectivity index (χ4v) is 7.24. The molecular formula is C30H24BrNO3. The Bertz CT molecular complexity index is 1410. The van der Waals surface area contributed by atoms with E-state index in [1.807, 2.05) is 86.6 Å². The Morgan fingerprint density at radius 3 is 1.80 bits per heavy atom. The van der Waals surface area contributed by atoms with Crippen LogP contribution in [0.25, 0.3) is 11.1 Å². The number of allylic oxidation sites excluding steroid dienone is 2. The number of carbonyl (C=O) groups excluding carboxylic acids is 3. The molecule has 0 N–H and O–H groups in total. The SMILES string of the molecule is CC[C@@]12C(=O)[C@@](C)(C(c3ccccc3)=C1c1ccccc1)[C@H]1C(=O)N(c3ccc(Br)cc3)C(=O)[C@@H]12. The van der Waals surface area contributed by atoms with Gasteiger partial charge in [0, 0.05) is 4.47 Å². The molecule has 2 amide bonds. The largest absolute Gasteiger partial charge is 0.298 e. The van der Waals surface area contributed by atoms with Crippen LogP contribution in [0, 0.1) is 22.7 Å². The van der Waals surface area contributed by atoms with Gasteiger partial charge in [0.15, 0.2) is 5.78 Å². The topological polar surface area (TPSA) is 54.5 Å². The fraction of sp³-hybridized carbons (Fsp3) is 0.233. The highest BCUT2D eigenvalue weighted by Crippen LogP contribution is 2.74. The van der Waals surface area contributed by atoms with E-state index >= 15 is 0 Å². The van der Waals surface area contributed by atoms with Gasteiger partial charge in [0.2, 0.25) is 11.8 Å². The number of nitrogens with zero attached hydrogens (tertiary/aromatic N) is 1. The molecule has 2 fully saturated rings. The smallest absolute Gasteiger partial charge is 0.239 e. The lowest BCUT2D eigenvalue weighted by atomic mass is 9.62. The zero-order chi connectivity index (χ0) is 24.5. The van der Waals surface area contributed by atoms with E-state index in [1.54, 1.807) is 12.1 Å². The molecule has 0 radical (unpaired) electrons. The van der Waals surface area contributed by atoms with Crippen molar-refractivity contribution in [3.63, 3.8) is 0 Å². The molecule has 1 aliphatic heterocycles. The third-order valence-corrected chi connectivity index (χ3v) is 8.85. The molecule has 4 atom stereocenters. The molecule has 5 heteroatoms. The number of amides is 2. The van der Waals surface area contributed by atoms with Gasteiger partial charge in [-0.3, -0.25) is 14.4 Å². The van der Waals surface area contributed by atoms with Crippen LogP contribution < -0.4 is 4.90 Å². The highest BCUT2D eigenvalue weighted by atomic mass is 79.9. The van der Waals surface area contributed by atoms with E-state index in [1.165, 1.54) is 4.90 Å². The van der Waals surface area contributed by atoms with Crippen LogP contribution in [-0.4, -0.2) is 17.6 Å². The molecule has 2 aliphatic carbocycles. The first-order chi connectivity index (χ1) is 16.9. The Kier molecular flexibility index (Phi) is 4.81. The molecule has 1 heterocycles. The van der Waals surface area contributed by atoms with Crippen LogP contribution in [0.4, 0.5) is 5.69 Å². The maximum absolute atomic E-state index is 14.4. The number of ketones is 1. The first-order valence-electron chi connectivity index (χ1n) is 11.9. The molecule has 35 heavy (non-hydrogen) atoms. The molecule has 3 aromatic rings. The Hall–Kier alpha value is -3.31. The van der Waals surface area contributed by atoms with Gasteiger partial charge in [0.05, 0.1) is 28.4 Å². The average Bonchev–Trinajstić information content (AvgIpc) is 3.35. The van der Waals surface area contributed by atoms with Gasteiger partial charge in [0.25, 0.3) is 0 Å². The molecule has 0 aromatic heterocycles. The Labute approximate surface area is 212 Å². The number of imide groups is 1. The van der Waals surface area contributed by atoms with Crippen molar-refractivity contribution in [3.8, 4) is 0 Å². The Balaban J connectivity index is 1.64. The molecule has 174 valence electrons. The molecule has 6 rings (SSSR count). The normalized spacial score (nSPS) is 29.3. The monoisotopic (exact) mass is 525 g/mol. The first kappa shape index (κ1) is 22.2. The minimum Gasteiger partial charge on any atom is -0.298 e. The molecule has 0 spiro atoms. The standard InChI is InChI=1S/C30H24BrNO3/c1-3-30-23(19-12-8-5-9-13-19)22(18-10-6-4-7-11-18)29(2,28(30)35)24-25(30)27(34)32(26(24)33)21-16-14-20(31)15-17-21/h4-17,24-25H,3H2,1-2H3/t24-,25-,29+,30-/m1/s1. The predicted molar refractivity (Wildman–Crippen MR) is 139 cm³/mol. The number of benzene rings is 3. The van der Waals surface area contributed by atoms with Crippen LogP contribution in [0.2, 0.25) is 0 Å². The summed E-state index contributed by atoms with van der Waals surface area (Å²) in [5, 5.41) is 0. The molecule has 1 saturated carbocycles. The van der Waals surface area contributed by atoms with E-state index < -0.39 is 22.7 Å². The molecule has 1 saturated heterocycles. The summed E-state index contributed by atoms with van der Waals surface area (Å²) in [5.41, 5.74) is 2.05. The second-order valence-corrected chi connectivity index (χ2v) is 10.7. The molecule has 2 bridgehead atoms. The number of hydrogen-bond donors (Lipinski definition) is 0. The predicted octanol–water partition coefficient (Wildman–Crippen LogP) is 6.16. The summed E-state index contributed by atoms with van der Waals surface area (Å²) in [5.74, 6) is -2.01. The summed E-state index contributed by atoms with van der Waals surface area (Å²) < 4.78 is 0.868. The van der Waals surface area contributed by atoms with E-state index in [9.17, 15) is 14.4 Å². The second-order valence-electron chi connectivity index (χ2n) is 9.78. The van der Waals surface area contributed by atoms with Crippen LogP contribution in [-0.2, 0) is 14.4 Å². The summed E-state index contributed by atoms with van der Waals surface area (Å²) in [6.45, 7) is 3.86. The van der Waals surface area contributed by atoms with Gasteiger partial charge in [0.1, 0.15) is 0 Å². The average molecular weight is 526 g/mol. The van der Waals surface area contributed by atoms with Gasteiger partial charge in [-0.1, -0.05) is 83.5 Å². The van der Waals surface area contributed by atoms with E-state index in [-0.39, 0.29) is 17.6 Å². The van der Waals surface area contributed by atoms with Crippen molar-refractivity contribution in [2.45, 2.75) is 20.3 Å². The summed E-state index contributed by atoms with van der Waals surface area (Å²) >= 11 is 3.43. The molecular weight excluding hydrogens is 502 g/mol. The quantitative estimate of drug-likeness (QED) is 0.383. The van der Waals surface area contributed by atoms with E-state index in [2.05, 4.69) is 15.9 Å². The van der Waals surface area contributed by atoms with Gasteiger partial charge in [-0.15, -0.1) is 0 Å². The highest BCUT2D eigenvalue weighted by molar-refractivity contribution is 9.10. The van der Waals surface area contributed by atoms with Crippen molar-refractivity contribution in [1.82, 2.24) is 0 Å². The summed E-state index contributed by atoms with van der Waals surface area (Å²) in [6, 6.07) is 26.9. The van der Waals surface area contributed by atoms with Crippen LogP contribution in [0.3, 0.4) is 0 Å². The van der Waals surface area contributed by atoms with Gasteiger partial charge in [-0.05, 0) is 59.9 Å². The first-order valence-corrected chi connectivity index (χ1v) is 12.7. The van der Waals surface area contributed by atoms with Crippen molar-refractivity contribution >= 4 is 50.4 Å². The third-order valence-electron chi connectivity index (χ3n) is 8.32. The summed E-state index contributed by atoms with van der Waals surface area (Å²) in [6.07, 6.45) is 0.455. The molecule has 0 unspecified atom stereocenters. The van der Waals surface area contributed by atoms with Gasteiger partial charge in [-0.25, -0.2) is 4.90 Å². The zero-order valence-corrected chi connectivity index (χ0v) is 21.1. The maximum atomic E-state index is 14.4. The third kappa shape index (κ3) is 2.65. The van der Waals surface area contributed by atoms with Crippen molar-refractivity contribution in [2.24, 2.45) is 22.7 Å². The number of rotatable bonds is 4. The van der Waals surface area contributed by atoms with E-state index in [4.69, 9.17) is 0 Å². The van der Waals surface area contributed by atoms with Crippen molar-refractivity contribution < 1.29 is 14.4 Å². The van der Waals surface area contributed by atoms with Crippen molar-refractivity contribution in [3.05, 3.63) is 101 Å². The van der Waals surface area contributed by atoms with Crippen LogP contribution in [0.1, 0.15) is 31.4 Å². The second kappa shape index (κ2) is 7.59. The number of fused-ring (bicyclic) bond motifs is 5. The molecule has 3 aromatic carbocycles. The van der Waals surface area contributed by atoms with E-state index in [0.717, 1.165) is 26.7 Å². The van der Waals surface area contributed by atoms with Gasteiger partial charge in [-0.2, -0.15) is 0 Å². The van der Waals surface area contributed by atoms with Gasteiger partial charge < -0.3 is 0 Å². The molecule has 4 nitrogen and oxygen atoms in total. The van der Waals surface area contributed by atoms with Crippen molar-refractivity contribution in [1.29, 1.82) is 0 Å². The Morgan fingerprint density at radius 1 is 0.743 bits per heavy atom. The number of halogens is 1. The van der Waals surface area contributed by atoms with Crippen LogP contribution in [0.5, 0.6) is 0 Å². The molecule has 3 aliphatic rings.